The average molecular weight is 234 g/mol. The maximum Gasteiger partial charge on any atom is 0.181 e. The molecule has 4 heteroatoms. The van der Waals surface area contributed by atoms with Gasteiger partial charge >= 0.3 is 0 Å². The Hall–Kier alpha value is -1.97. The summed E-state index contributed by atoms with van der Waals surface area (Å²) in [4.78, 5) is 4.12. The van der Waals surface area contributed by atoms with Crippen LogP contribution in [0.25, 0.3) is 0 Å². The van der Waals surface area contributed by atoms with Gasteiger partial charge in [0.15, 0.2) is 11.6 Å². The number of nitrogens with one attached hydrogen (secondary N) is 1. The highest BCUT2D eigenvalue weighted by atomic mass is 19.2. The molecule has 0 aliphatic carbocycles. The smallest absolute Gasteiger partial charge is 0.181 e. The third kappa shape index (κ3) is 2.78. The van der Waals surface area contributed by atoms with E-state index >= 15 is 0 Å². The summed E-state index contributed by atoms with van der Waals surface area (Å²) in [6.07, 6.45) is 1.71. The predicted octanol–water partition coefficient (Wildman–Crippen LogP) is 3.28. The van der Waals surface area contributed by atoms with Crippen molar-refractivity contribution < 1.29 is 8.78 Å². The summed E-state index contributed by atoms with van der Waals surface area (Å²) < 4.78 is 26.2. The van der Waals surface area contributed by atoms with E-state index in [-0.39, 0.29) is 5.69 Å². The second kappa shape index (κ2) is 4.91. The van der Waals surface area contributed by atoms with Gasteiger partial charge in [0.05, 0.1) is 5.69 Å². The Bertz CT molecular complexity index is 509. The van der Waals surface area contributed by atoms with Crippen LogP contribution >= 0.6 is 0 Å². The summed E-state index contributed by atoms with van der Waals surface area (Å²) in [7, 11) is 0. The molecule has 0 aliphatic heterocycles. The Labute approximate surface area is 98.3 Å². The number of aryl methyl sites for hydroxylation is 1. The van der Waals surface area contributed by atoms with Crippen molar-refractivity contribution in [2.45, 2.75) is 13.5 Å². The van der Waals surface area contributed by atoms with Gasteiger partial charge in [-0.3, -0.25) is 4.98 Å². The third-order valence-corrected chi connectivity index (χ3v) is 2.41. The zero-order valence-electron chi connectivity index (χ0n) is 9.37. The molecule has 2 aromatic rings. The molecule has 0 radical (unpaired) electrons. The predicted molar refractivity (Wildman–Crippen MR) is 62.7 cm³/mol. The lowest BCUT2D eigenvalue weighted by molar-refractivity contribution is 0.511. The molecule has 0 amide bonds. The highest BCUT2D eigenvalue weighted by molar-refractivity contribution is 5.45. The Kier molecular flexibility index (Phi) is 3.32. The van der Waals surface area contributed by atoms with Crippen LogP contribution in [0.15, 0.2) is 36.5 Å². The highest BCUT2D eigenvalue weighted by Gasteiger charge is 2.06. The Morgan fingerprint density at radius 3 is 2.71 bits per heavy atom. The van der Waals surface area contributed by atoms with Crippen LogP contribution in [0.4, 0.5) is 14.5 Å². The molecule has 0 saturated carbocycles. The molecule has 17 heavy (non-hydrogen) atoms. The van der Waals surface area contributed by atoms with E-state index in [0.29, 0.717) is 6.54 Å². The lowest BCUT2D eigenvalue weighted by Gasteiger charge is -2.07. The second-order valence-corrected chi connectivity index (χ2v) is 3.76. The molecular formula is C13H12F2N2. The van der Waals surface area contributed by atoms with Crippen molar-refractivity contribution >= 4 is 5.69 Å². The summed E-state index contributed by atoms with van der Waals surface area (Å²) in [5, 5.41) is 2.83. The zero-order valence-corrected chi connectivity index (χ0v) is 9.37. The number of halogens is 2. The maximum absolute atomic E-state index is 13.3. The summed E-state index contributed by atoms with van der Waals surface area (Å²) in [6, 6.07) is 7.83. The second-order valence-electron chi connectivity index (χ2n) is 3.76. The fraction of sp³-hybridized carbons (Fsp3) is 0.154. The normalized spacial score (nSPS) is 10.3. The summed E-state index contributed by atoms with van der Waals surface area (Å²) in [6.45, 7) is 2.30. The van der Waals surface area contributed by atoms with Gasteiger partial charge in [-0.1, -0.05) is 12.1 Å². The molecule has 0 atom stereocenters. The first-order valence-electron chi connectivity index (χ1n) is 5.26. The first kappa shape index (κ1) is 11.5. The summed E-state index contributed by atoms with van der Waals surface area (Å²) in [5.41, 5.74) is 2.00. The first-order chi connectivity index (χ1) is 8.16. The Morgan fingerprint density at radius 1 is 1.18 bits per heavy atom. The van der Waals surface area contributed by atoms with Gasteiger partial charge in [-0.15, -0.1) is 0 Å². The molecule has 0 saturated heterocycles. The van der Waals surface area contributed by atoms with Crippen molar-refractivity contribution in [1.82, 2.24) is 4.98 Å². The van der Waals surface area contributed by atoms with Crippen LogP contribution < -0.4 is 5.32 Å². The van der Waals surface area contributed by atoms with Gasteiger partial charge in [0.25, 0.3) is 0 Å². The van der Waals surface area contributed by atoms with E-state index in [2.05, 4.69) is 10.3 Å². The first-order valence-corrected chi connectivity index (χ1v) is 5.26. The molecule has 0 unspecified atom stereocenters. The topological polar surface area (TPSA) is 24.9 Å². The van der Waals surface area contributed by atoms with E-state index in [1.54, 1.807) is 6.20 Å². The number of hydrogen-bond donors (Lipinski definition) is 1. The lowest BCUT2D eigenvalue weighted by Crippen LogP contribution is -2.03. The largest absolute Gasteiger partial charge is 0.378 e. The molecule has 1 aromatic carbocycles. The minimum atomic E-state index is -0.854. The fourth-order valence-electron chi connectivity index (χ4n) is 1.44. The van der Waals surface area contributed by atoms with Crippen LogP contribution in [-0.2, 0) is 6.54 Å². The monoisotopic (exact) mass is 234 g/mol. The molecule has 2 rings (SSSR count). The molecule has 1 aromatic heterocycles. The number of rotatable bonds is 3. The quantitative estimate of drug-likeness (QED) is 0.881. The van der Waals surface area contributed by atoms with Crippen molar-refractivity contribution in [1.29, 1.82) is 0 Å². The number of pyridine rings is 1. The molecule has 0 aliphatic rings. The van der Waals surface area contributed by atoms with E-state index in [4.69, 9.17) is 0 Å². The number of hydrogen-bond acceptors (Lipinski definition) is 2. The van der Waals surface area contributed by atoms with Gasteiger partial charge in [0.2, 0.25) is 0 Å². The number of benzene rings is 1. The van der Waals surface area contributed by atoms with Crippen molar-refractivity contribution in [2.75, 3.05) is 5.32 Å². The van der Waals surface area contributed by atoms with Crippen LogP contribution in [0.1, 0.15) is 11.3 Å². The van der Waals surface area contributed by atoms with Crippen LogP contribution in [0.2, 0.25) is 0 Å². The van der Waals surface area contributed by atoms with Gasteiger partial charge in [-0.05, 0) is 30.7 Å². The third-order valence-electron chi connectivity index (χ3n) is 2.41. The van der Waals surface area contributed by atoms with Gasteiger partial charge in [-0.2, -0.15) is 0 Å². The van der Waals surface area contributed by atoms with E-state index in [0.717, 1.165) is 17.3 Å². The minimum absolute atomic E-state index is 0.158. The minimum Gasteiger partial charge on any atom is -0.378 e. The zero-order chi connectivity index (χ0) is 12.3. The molecule has 1 N–H and O–H groups in total. The van der Waals surface area contributed by atoms with Gasteiger partial charge in [0, 0.05) is 18.4 Å². The van der Waals surface area contributed by atoms with Crippen molar-refractivity contribution in [3.8, 4) is 0 Å². The van der Waals surface area contributed by atoms with E-state index in [9.17, 15) is 8.78 Å². The van der Waals surface area contributed by atoms with Crippen molar-refractivity contribution in [2.24, 2.45) is 0 Å². The fourth-order valence-corrected chi connectivity index (χ4v) is 1.44. The lowest BCUT2D eigenvalue weighted by atomic mass is 10.2. The molecule has 0 spiro atoms. The van der Waals surface area contributed by atoms with Crippen molar-refractivity contribution in [3.63, 3.8) is 0 Å². The molecular weight excluding hydrogens is 222 g/mol. The number of anilines is 1. The standard InChI is InChI=1S/C13H12F2N2/c1-9-5-6-10(7-16-9)8-17-12-4-2-3-11(14)13(12)15/h2-7,17H,8H2,1H3. The summed E-state index contributed by atoms with van der Waals surface area (Å²) in [5.74, 6) is -1.70. The van der Waals surface area contributed by atoms with E-state index < -0.39 is 11.6 Å². The number of nitrogens with zero attached hydrogens (tertiary/aromatic N) is 1. The molecule has 2 nitrogen and oxygen atoms in total. The van der Waals surface area contributed by atoms with Crippen LogP contribution in [0.5, 0.6) is 0 Å². The molecule has 0 fully saturated rings. The van der Waals surface area contributed by atoms with Gasteiger partial charge in [-0.25, -0.2) is 8.78 Å². The highest BCUT2D eigenvalue weighted by Crippen LogP contribution is 2.17. The van der Waals surface area contributed by atoms with Crippen molar-refractivity contribution in [3.05, 3.63) is 59.4 Å². The summed E-state index contributed by atoms with van der Waals surface area (Å²) >= 11 is 0. The van der Waals surface area contributed by atoms with Crippen LogP contribution in [0.3, 0.4) is 0 Å². The SMILES string of the molecule is Cc1ccc(CNc2cccc(F)c2F)cn1. The van der Waals surface area contributed by atoms with Crippen LogP contribution in [0, 0.1) is 18.6 Å². The number of aromatic nitrogens is 1. The molecule has 88 valence electrons. The molecule has 0 bridgehead atoms. The van der Waals surface area contributed by atoms with Crippen LogP contribution in [-0.4, -0.2) is 4.98 Å². The van der Waals surface area contributed by atoms with E-state index in [1.807, 2.05) is 19.1 Å². The Morgan fingerprint density at radius 2 is 2.00 bits per heavy atom. The Balaban J connectivity index is 2.07. The maximum atomic E-state index is 13.3. The van der Waals surface area contributed by atoms with Gasteiger partial charge in [0.1, 0.15) is 0 Å². The van der Waals surface area contributed by atoms with E-state index in [1.165, 1.54) is 12.1 Å². The van der Waals surface area contributed by atoms with Gasteiger partial charge < -0.3 is 5.32 Å². The average Bonchev–Trinajstić information content (AvgIpc) is 2.33. The molecule has 1 heterocycles.